The lowest BCUT2D eigenvalue weighted by Gasteiger charge is -2.50. The highest BCUT2D eigenvalue weighted by Gasteiger charge is 2.49. The molecule has 0 bridgehead atoms. The Morgan fingerprint density at radius 3 is 2.58 bits per heavy atom. The van der Waals surface area contributed by atoms with E-state index < -0.39 is 11.6 Å². The number of anilines is 3. The van der Waals surface area contributed by atoms with Crippen LogP contribution < -0.4 is 21.1 Å². The van der Waals surface area contributed by atoms with Crippen LogP contribution in [0.4, 0.5) is 30.5 Å². The molecule has 3 aromatic rings. The van der Waals surface area contributed by atoms with Gasteiger partial charge in [-0.15, -0.1) is 0 Å². The molecule has 264 valence electrons. The van der Waals surface area contributed by atoms with E-state index in [1.807, 2.05) is 33.2 Å². The Hall–Kier alpha value is -4.41. The van der Waals surface area contributed by atoms with Gasteiger partial charge in [-0.2, -0.15) is 24.0 Å². The van der Waals surface area contributed by atoms with E-state index in [0.717, 1.165) is 42.6 Å². The van der Waals surface area contributed by atoms with Crippen molar-refractivity contribution in [3.05, 3.63) is 75.4 Å². The van der Waals surface area contributed by atoms with Crippen LogP contribution in [0.1, 0.15) is 85.0 Å². The van der Waals surface area contributed by atoms with Gasteiger partial charge in [0.25, 0.3) is 6.08 Å². The van der Waals surface area contributed by atoms with Crippen LogP contribution in [0, 0.1) is 22.6 Å². The summed E-state index contributed by atoms with van der Waals surface area (Å²) >= 11 is 0. The topological polar surface area (TPSA) is 133 Å². The number of likely N-dealkylation sites (tertiary alicyclic amines) is 1. The molecule has 2 aliphatic carbocycles. The normalized spacial score (nSPS) is 22.0. The standard InChI is InChI=1S/C37H44F3N9O/c1-22(24-7-5-13-44-33(24)43)48(3)34-27-19-47(2)37(10-4-6-25-28(38)16-29(42)26(18-41)31(25)37)17-30(27)45-35(46-34)50-21-36(11-12-36)20-49-14-8-23(9-15-49)32(39)40/h5,7,13,16,22H,4,6,8-12,14-15,17,19-21,42H2,1-3H3,(H2,43,44)/t22-,37-/m1/s1. The van der Waals surface area contributed by atoms with Crippen LogP contribution in [-0.2, 0) is 24.9 Å². The van der Waals surface area contributed by atoms with Crippen LogP contribution in [0.5, 0.6) is 6.01 Å². The molecule has 4 heterocycles. The molecule has 0 amide bonds. The second kappa shape index (κ2) is 13.0. The number of nitrogen functional groups attached to an aromatic ring is 2. The molecule has 4 N–H and O–H groups in total. The molecule has 50 heavy (non-hydrogen) atoms. The van der Waals surface area contributed by atoms with Crippen molar-refractivity contribution in [2.24, 2.45) is 5.41 Å². The first-order valence-electron chi connectivity index (χ1n) is 17.4. The molecule has 1 aromatic carbocycles. The van der Waals surface area contributed by atoms with Crippen LogP contribution in [-0.4, -0.2) is 65.1 Å². The minimum absolute atomic E-state index is 0.0846. The van der Waals surface area contributed by atoms with E-state index >= 15 is 4.39 Å². The first-order valence-corrected chi connectivity index (χ1v) is 17.4. The van der Waals surface area contributed by atoms with Crippen molar-refractivity contribution in [3.8, 4) is 12.1 Å². The molecule has 4 aliphatic rings. The summed E-state index contributed by atoms with van der Waals surface area (Å²) in [7, 11) is 3.98. The van der Waals surface area contributed by atoms with Crippen molar-refractivity contribution in [2.75, 3.05) is 56.7 Å². The molecular formula is C37H44F3N9O. The fraction of sp³-hybridized carbons (Fsp3) is 0.514. The van der Waals surface area contributed by atoms with Gasteiger partial charge in [0.2, 0.25) is 0 Å². The van der Waals surface area contributed by atoms with Crippen LogP contribution in [0.3, 0.4) is 0 Å². The summed E-state index contributed by atoms with van der Waals surface area (Å²) in [6.07, 6.45) is 5.30. The Morgan fingerprint density at radius 1 is 1.14 bits per heavy atom. The SMILES string of the molecule is C[C@H](c1cccnc1N)N(C)c1nc(OCC2(CN3CCC(=C(F)F)CC3)CC2)nc2c1CN(C)[C@]1(CCCc3c(F)cc(N)c(C#N)c31)C2. The number of benzene rings is 1. The molecule has 0 radical (unpaired) electrons. The highest BCUT2D eigenvalue weighted by molar-refractivity contribution is 5.65. The summed E-state index contributed by atoms with van der Waals surface area (Å²) in [5, 5.41) is 10.2. The number of hydrogen-bond acceptors (Lipinski definition) is 10. The van der Waals surface area contributed by atoms with Crippen molar-refractivity contribution in [1.29, 1.82) is 5.26 Å². The summed E-state index contributed by atoms with van der Waals surface area (Å²) in [4.78, 5) is 20.9. The molecule has 1 saturated carbocycles. The van der Waals surface area contributed by atoms with Crippen molar-refractivity contribution in [3.63, 3.8) is 0 Å². The number of ether oxygens (including phenoxy) is 1. The van der Waals surface area contributed by atoms with Crippen LogP contribution in [0.25, 0.3) is 0 Å². The van der Waals surface area contributed by atoms with Gasteiger partial charge >= 0.3 is 6.01 Å². The number of aromatic nitrogens is 3. The Kier molecular flexibility index (Phi) is 8.89. The number of rotatable bonds is 8. The van der Waals surface area contributed by atoms with E-state index in [2.05, 4.69) is 25.8 Å². The lowest BCUT2D eigenvalue weighted by molar-refractivity contribution is 0.0712. The van der Waals surface area contributed by atoms with Crippen molar-refractivity contribution in [1.82, 2.24) is 24.8 Å². The smallest absolute Gasteiger partial charge is 0.318 e. The maximum atomic E-state index is 15.5. The second-order valence-corrected chi connectivity index (χ2v) is 14.7. The molecule has 1 saturated heterocycles. The Bertz CT molecular complexity index is 1880. The Labute approximate surface area is 290 Å². The summed E-state index contributed by atoms with van der Waals surface area (Å²) < 4.78 is 48.2. The zero-order valence-electron chi connectivity index (χ0n) is 28.9. The number of halogens is 3. The van der Waals surface area contributed by atoms with E-state index in [9.17, 15) is 14.0 Å². The number of fused-ring (bicyclic) bond motifs is 3. The van der Waals surface area contributed by atoms with E-state index in [1.165, 1.54) is 6.07 Å². The van der Waals surface area contributed by atoms with E-state index in [4.69, 9.17) is 26.2 Å². The van der Waals surface area contributed by atoms with Crippen molar-refractivity contribution >= 4 is 17.3 Å². The largest absolute Gasteiger partial charge is 0.463 e. The fourth-order valence-corrected chi connectivity index (χ4v) is 8.35. The van der Waals surface area contributed by atoms with E-state index in [-0.39, 0.29) is 34.5 Å². The number of likely N-dealkylation sites (N-methyl/N-ethyl adjacent to an activating group) is 1. The number of nitrogens with two attached hydrogens (primary N) is 2. The molecule has 13 heteroatoms. The van der Waals surface area contributed by atoms with Crippen molar-refractivity contribution < 1.29 is 17.9 Å². The van der Waals surface area contributed by atoms with E-state index in [1.54, 1.807) is 6.20 Å². The third-order valence-electron chi connectivity index (χ3n) is 11.6. The van der Waals surface area contributed by atoms with Gasteiger partial charge in [-0.05, 0) is 87.7 Å². The number of piperidine rings is 1. The lowest BCUT2D eigenvalue weighted by Crippen LogP contribution is -2.51. The predicted octanol–water partition coefficient (Wildman–Crippen LogP) is 5.87. The Balaban J connectivity index is 1.24. The summed E-state index contributed by atoms with van der Waals surface area (Å²) in [6, 6.07) is 7.43. The third-order valence-corrected chi connectivity index (χ3v) is 11.6. The quantitative estimate of drug-likeness (QED) is 0.277. The molecule has 10 nitrogen and oxygen atoms in total. The van der Waals surface area contributed by atoms with Gasteiger partial charge in [-0.25, -0.2) is 9.37 Å². The summed E-state index contributed by atoms with van der Waals surface area (Å²) in [6.45, 7) is 4.91. The molecule has 0 unspecified atom stereocenters. The average Bonchev–Trinajstić information content (AvgIpc) is 3.87. The van der Waals surface area contributed by atoms with Crippen LogP contribution in [0.2, 0.25) is 0 Å². The molecule has 2 aromatic heterocycles. The van der Waals surface area contributed by atoms with Crippen LogP contribution in [0.15, 0.2) is 36.0 Å². The molecule has 2 aliphatic heterocycles. The van der Waals surface area contributed by atoms with Crippen molar-refractivity contribution in [2.45, 2.75) is 76.4 Å². The predicted molar refractivity (Wildman–Crippen MR) is 185 cm³/mol. The lowest BCUT2D eigenvalue weighted by atomic mass is 9.68. The Morgan fingerprint density at radius 2 is 1.90 bits per heavy atom. The third kappa shape index (κ3) is 6.02. The van der Waals surface area contributed by atoms with Gasteiger partial charge in [0.15, 0.2) is 0 Å². The van der Waals surface area contributed by atoms with Gasteiger partial charge in [0.1, 0.15) is 23.5 Å². The number of nitriles is 1. The zero-order valence-corrected chi connectivity index (χ0v) is 28.9. The van der Waals surface area contributed by atoms with Crippen LogP contribution >= 0.6 is 0 Å². The minimum atomic E-state index is -1.54. The van der Waals surface area contributed by atoms with E-state index in [0.29, 0.717) is 86.7 Å². The van der Waals surface area contributed by atoms with Gasteiger partial charge in [0, 0.05) is 62.4 Å². The maximum absolute atomic E-state index is 15.5. The average molecular weight is 688 g/mol. The highest BCUT2D eigenvalue weighted by Crippen LogP contribution is 2.51. The summed E-state index contributed by atoms with van der Waals surface area (Å²) in [5.41, 5.74) is 16.3. The first-order chi connectivity index (χ1) is 23.9. The molecule has 1 spiro atoms. The number of hydrogen-bond donors (Lipinski definition) is 2. The van der Waals surface area contributed by atoms with Gasteiger partial charge < -0.3 is 26.0 Å². The van der Waals surface area contributed by atoms with Gasteiger partial charge in [0.05, 0.1) is 35.1 Å². The number of pyridine rings is 1. The molecule has 2 atom stereocenters. The fourth-order valence-electron chi connectivity index (χ4n) is 8.35. The zero-order chi connectivity index (χ0) is 35.4. The van der Waals surface area contributed by atoms with Gasteiger partial charge in [-0.3, -0.25) is 4.90 Å². The summed E-state index contributed by atoms with van der Waals surface area (Å²) in [5.74, 6) is 0.761. The molecular weight excluding hydrogens is 643 g/mol. The maximum Gasteiger partial charge on any atom is 0.318 e. The molecule has 2 fully saturated rings. The second-order valence-electron chi connectivity index (χ2n) is 14.7. The number of nitrogens with zero attached hydrogens (tertiary/aromatic N) is 7. The highest BCUT2D eigenvalue weighted by atomic mass is 19.3. The minimum Gasteiger partial charge on any atom is -0.463 e. The van der Waals surface area contributed by atoms with Gasteiger partial charge in [-0.1, -0.05) is 6.07 Å². The first kappa shape index (κ1) is 34.1. The monoisotopic (exact) mass is 687 g/mol. The molecule has 7 rings (SSSR count).